The summed E-state index contributed by atoms with van der Waals surface area (Å²) in [6.07, 6.45) is 0.941. The molecule has 0 saturated carbocycles. The van der Waals surface area contributed by atoms with E-state index >= 15 is 0 Å². The van der Waals surface area contributed by atoms with Gasteiger partial charge in [0, 0.05) is 48.6 Å². The van der Waals surface area contributed by atoms with Crippen LogP contribution >= 0.6 is 0 Å². The maximum absolute atomic E-state index is 12.3. The highest BCUT2D eigenvalue weighted by molar-refractivity contribution is 5.99. The van der Waals surface area contributed by atoms with Crippen molar-refractivity contribution in [3.05, 3.63) is 47.3 Å². The Morgan fingerprint density at radius 3 is 2.64 bits per heavy atom. The predicted molar refractivity (Wildman–Crippen MR) is 138 cm³/mol. The van der Waals surface area contributed by atoms with Crippen molar-refractivity contribution in [3.8, 4) is 11.4 Å². The summed E-state index contributed by atoms with van der Waals surface area (Å²) >= 11 is 0. The number of carbonyl (C=O) groups is 1. The van der Waals surface area contributed by atoms with Gasteiger partial charge in [0.15, 0.2) is 11.6 Å². The number of morpholine rings is 1. The van der Waals surface area contributed by atoms with Gasteiger partial charge in [-0.1, -0.05) is 5.16 Å². The van der Waals surface area contributed by atoms with Crippen molar-refractivity contribution in [2.24, 2.45) is 0 Å². The van der Waals surface area contributed by atoms with Gasteiger partial charge >= 0.3 is 6.03 Å². The molecule has 10 heteroatoms. The molecule has 1 aromatic carbocycles. The summed E-state index contributed by atoms with van der Waals surface area (Å²) in [6, 6.07) is 9.56. The summed E-state index contributed by atoms with van der Waals surface area (Å²) in [5, 5.41) is 9.24. The van der Waals surface area contributed by atoms with Gasteiger partial charge in [0.25, 0.3) is 0 Å². The molecule has 190 valence electrons. The Morgan fingerprint density at radius 2 is 1.94 bits per heavy atom. The second-order valence-electron chi connectivity index (χ2n) is 9.71. The van der Waals surface area contributed by atoms with Gasteiger partial charge in [0.2, 0.25) is 0 Å². The highest BCUT2D eigenvalue weighted by atomic mass is 16.5. The Hall–Kier alpha value is -3.50. The van der Waals surface area contributed by atoms with Crippen molar-refractivity contribution in [2.45, 2.75) is 52.7 Å². The Morgan fingerprint density at radius 1 is 1.14 bits per heavy atom. The van der Waals surface area contributed by atoms with E-state index in [4.69, 9.17) is 19.2 Å². The van der Waals surface area contributed by atoms with Crippen molar-refractivity contribution >= 4 is 23.4 Å². The first-order valence-electron chi connectivity index (χ1n) is 12.5. The Kier molecular flexibility index (Phi) is 6.88. The number of aromatic nitrogens is 3. The van der Waals surface area contributed by atoms with Gasteiger partial charge in [0.05, 0.1) is 24.9 Å². The van der Waals surface area contributed by atoms with E-state index in [2.05, 4.69) is 46.4 Å². The molecular formula is C26H33N7O3. The van der Waals surface area contributed by atoms with Gasteiger partial charge in [-0.25, -0.2) is 14.8 Å². The SMILES string of the molecule is Cc1cc(NC(=O)Nc2ccc(-c3nc4c(c(N5CCOCC5C)n3)CCN(C(C)C)C4)cc2)no1. The van der Waals surface area contributed by atoms with Crippen LogP contribution in [0.25, 0.3) is 11.4 Å². The number of hydrogen-bond donors (Lipinski definition) is 2. The Balaban J connectivity index is 1.40. The second-order valence-corrected chi connectivity index (χ2v) is 9.71. The van der Waals surface area contributed by atoms with E-state index in [1.807, 2.05) is 24.3 Å². The third kappa shape index (κ3) is 5.19. The zero-order chi connectivity index (χ0) is 25.2. The molecule has 0 aliphatic carbocycles. The highest BCUT2D eigenvalue weighted by Gasteiger charge is 2.29. The minimum absolute atomic E-state index is 0.257. The van der Waals surface area contributed by atoms with E-state index in [-0.39, 0.29) is 6.04 Å². The lowest BCUT2D eigenvalue weighted by molar-refractivity contribution is 0.0983. The zero-order valence-corrected chi connectivity index (χ0v) is 21.2. The van der Waals surface area contributed by atoms with Crippen molar-refractivity contribution in [2.75, 3.05) is 41.8 Å². The third-order valence-electron chi connectivity index (χ3n) is 6.71. The van der Waals surface area contributed by atoms with Crippen LogP contribution in [-0.4, -0.2) is 64.4 Å². The molecule has 4 heterocycles. The van der Waals surface area contributed by atoms with E-state index in [0.29, 0.717) is 42.3 Å². The molecule has 2 aliphatic heterocycles. The molecule has 0 bridgehead atoms. The van der Waals surface area contributed by atoms with Crippen LogP contribution in [0, 0.1) is 6.92 Å². The predicted octanol–water partition coefficient (Wildman–Crippen LogP) is 4.08. The fraction of sp³-hybridized carbons (Fsp3) is 0.462. The summed E-state index contributed by atoms with van der Waals surface area (Å²) in [5.74, 6) is 2.72. The molecule has 1 unspecified atom stereocenters. The van der Waals surface area contributed by atoms with Gasteiger partial charge in [0.1, 0.15) is 11.6 Å². The largest absolute Gasteiger partial charge is 0.377 e. The quantitative estimate of drug-likeness (QED) is 0.550. The van der Waals surface area contributed by atoms with E-state index in [9.17, 15) is 4.79 Å². The molecule has 2 aliphatic rings. The van der Waals surface area contributed by atoms with Gasteiger partial charge in [-0.3, -0.25) is 10.2 Å². The van der Waals surface area contributed by atoms with Crippen molar-refractivity contribution in [3.63, 3.8) is 0 Å². The molecule has 3 aromatic rings. The molecular weight excluding hydrogens is 458 g/mol. The second kappa shape index (κ2) is 10.2. The number of nitrogens with one attached hydrogen (secondary N) is 2. The summed E-state index contributed by atoms with van der Waals surface area (Å²) in [5.41, 5.74) is 3.91. The van der Waals surface area contributed by atoms with Crippen LogP contribution in [0.3, 0.4) is 0 Å². The van der Waals surface area contributed by atoms with Gasteiger partial charge in [-0.2, -0.15) is 0 Å². The molecule has 2 amide bonds. The van der Waals surface area contributed by atoms with Crippen LogP contribution in [-0.2, 0) is 17.7 Å². The monoisotopic (exact) mass is 491 g/mol. The number of hydrogen-bond acceptors (Lipinski definition) is 8. The Bertz CT molecular complexity index is 1220. The first-order chi connectivity index (χ1) is 17.4. The number of amides is 2. The lowest BCUT2D eigenvalue weighted by Gasteiger charge is -2.38. The number of urea groups is 1. The Labute approximate surface area is 211 Å². The molecule has 10 nitrogen and oxygen atoms in total. The maximum Gasteiger partial charge on any atom is 0.324 e. The van der Waals surface area contributed by atoms with Crippen molar-refractivity contribution < 1.29 is 14.1 Å². The third-order valence-corrected chi connectivity index (χ3v) is 6.71. The highest BCUT2D eigenvalue weighted by Crippen LogP contribution is 2.32. The van der Waals surface area contributed by atoms with Crippen LogP contribution in [0.2, 0.25) is 0 Å². The lowest BCUT2D eigenvalue weighted by Crippen LogP contribution is -2.45. The van der Waals surface area contributed by atoms with Crippen LogP contribution in [0.1, 0.15) is 37.8 Å². The average molecular weight is 492 g/mol. The van der Waals surface area contributed by atoms with E-state index in [1.54, 1.807) is 13.0 Å². The van der Waals surface area contributed by atoms with Crippen molar-refractivity contribution in [1.29, 1.82) is 0 Å². The number of fused-ring (bicyclic) bond motifs is 1. The minimum atomic E-state index is -0.390. The van der Waals surface area contributed by atoms with Crippen LogP contribution in [0.15, 0.2) is 34.9 Å². The van der Waals surface area contributed by atoms with Crippen LogP contribution in [0.5, 0.6) is 0 Å². The van der Waals surface area contributed by atoms with Gasteiger partial charge in [-0.15, -0.1) is 0 Å². The lowest BCUT2D eigenvalue weighted by atomic mass is 10.0. The molecule has 1 fully saturated rings. The average Bonchev–Trinajstić information content (AvgIpc) is 3.27. The number of benzene rings is 1. The number of ether oxygens (including phenoxy) is 1. The molecule has 36 heavy (non-hydrogen) atoms. The summed E-state index contributed by atoms with van der Waals surface area (Å²) < 4.78 is 10.7. The summed E-state index contributed by atoms with van der Waals surface area (Å²) in [7, 11) is 0. The molecule has 2 N–H and O–H groups in total. The molecule has 5 rings (SSSR count). The van der Waals surface area contributed by atoms with E-state index in [1.165, 1.54) is 5.56 Å². The standard InChI is InChI=1S/C26H33N7O3/c1-16(2)32-10-9-21-22(14-32)28-24(30-25(21)33-11-12-35-15-17(33)3)19-5-7-20(8-6-19)27-26(34)29-23-13-18(4)36-31-23/h5-8,13,16-17H,9-12,14-15H2,1-4H3,(H2,27,29,31,34). The van der Waals surface area contributed by atoms with E-state index < -0.39 is 6.03 Å². The zero-order valence-electron chi connectivity index (χ0n) is 21.2. The van der Waals surface area contributed by atoms with Crippen LogP contribution < -0.4 is 15.5 Å². The fourth-order valence-corrected chi connectivity index (χ4v) is 4.69. The smallest absolute Gasteiger partial charge is 0.324 e. The first kappa shape index (κ1) is 24.2. The first-order valence-corrected chi connectivity index (χ1v) is 12.5. The maximum atomic E-state index is 12.3. The van der Waals surface area contributed by atoms with Gasteiger partial charge in [-0.05, 0) is 58.4 Å². The number of anilines is 3. The number of rotatable bonds is 5. The summed E-state index contributed by atoms with van der Waals surface area (Å²) in [6.45, 7) is 12.4. The molecule has 1 saturated heterocycles. The van der Waals surface area contributed by atoms with Gasteiger partial charge < -0.3 is 19.5 Å². The molecule has 1 atom stereocenters. The molecule has 0 spiro atoms. The topological polar surface area (TPSA) is 109 Å². The summed E-state index contributed by atoms with van der Waals surface area (Å²) in [4.78, 5) is 27.2. The number of carbonyl (C=O) groups excluding carboxylic acids is 1. The number of nitrogens with zero attached hydrogens (tertiary/aromatic N) is 5. The molecule has 2 aromatic heterocycles. The van der Waals surface area contributed by atoms with E-state index in [0.717, 1.165) is 43.1 Å². The molecule has 0 radical (unpaired) electrons. The minimum Gasteiger partial charge on any atom is -0.377 e. The van der Waals surface area contributed by atoms with Crippen molar-refractivity contribution in [1.82, 2.24) is 20.0 Å². The number of aryl methyl sites for hydroxylation is 1. The van der Waals surface area contributed by atoms with Crippen LogP contribution in [0.4, 0.5) is 22.1 Å². The fourth-order valence-electron chi connectivity index (χ4n) is 4.69. The normalized spacial score (nSPS) is 18.2.